The molecule has 0 aromatic heterocycles. The van der Waals surface area contributed by atoms with E-state index in [4.69, 9.17) is 11.5 Å². The summed E-state index contributed by atoms with van der Waals surface area (Å²) < 4.78 is 13.7. The van der Waals surface area contributed by atoms with E-state index < -0.39 is 30.4 Å². The van der Waals surface area contributed by atoms with Gasteiger partial charge in [0.1, 0.15) is 11.9 Å². The molecule has 0 spiro atoms. The van der Waals surface area contributed by atoms with Crippen molar-refractivity contribution in [3.63, 3.8) is 0 Å². The molecule has 1 rings (SSSR count). The topological polar surface area (TPSA) is 110 Å². The first-order chi connectivity index (χ1) is 7.84. The number of halogens is 1. The summed E-state index contributed by atoms with van der Waals surface area (Å²) in [7, 11) is 0. The average Bonchev–Trinajstić information content (AvgIpc) is 2.24. The van der Waals surface area contributed by atoms with Crippen LogP contribution in [0.1, 0.15) is 23.7 Å². The van der Waals surface area contributed by atoms with Gasteiger partial charge in [-0.05, 0) is 13.0 Å². The van der Waals surface area contributed by atoms with Crippen LogP contribution in [0.25, 0.3) is 0 Å². The van der Waals surface area contributed by atoms with Gasteiger partial charge in [-0.25, -0.2) is 4.39 Å². The van der Waals surface area contributed by atoms with Crippen LogP contribution in [-0.4, -0.2) is 22.2 Å². The van der Waals surface area contributed by atoms with E-state index in [0.29, 0.717) is 0 Å². The fourth-order valence-electron chi connectivity index (χ4n) is 1.47. The first-order valence-electron chi connectivity index (χ1n) is 5.03. The van der Waals surface area contributed by atoms with Crippen LogP contribution in [0, 0.1) is 12.7 Å². The van der Waals surface area contributed by atoms with Gasteiger partial charge in [-0.3, -0.25) is 4.79 Å². The Hall–Kier alpha value is -1.66. The third-order valence-corrected chi connectivity index (χ3v) is 2.55. The van der Waals surface area contributed by atoms with Crippen LogP contribution in [-0.2, 0) is 4.79 Å². The zero-order chi connectivity index (χ0) is 13.2. The zero-order valence-corrected chi connectivity index (χ0v) is 9.35. The Labute approximate surface area is 97.9 Å². The largest absolute Gasteiger partial charge is 0.398 e. The highest BCUT2D eigenvalue weighted by molar-refractivity contribution is 5.74. The van der Waals surface area contributed by atoms with Crippen LogP contribution in [0.3, 0.4) is 0 Å². The summed E-state index contributed by atoms with van der Waals surface area (Å²) in [6.07, 6.45) is -3.39. The van der Waals surface area contributed by atoms with Crippen LogP contribution in [0.4, 0.5) is 10.1 Å². The summed E-state index contributed by atoms with van der Waals surface area (Å²) in [4.78, 5) is 10.6. The molecule has 1 aromatic rings. The van der Waals surface area contributed by atoms with Crippen molar-refractivity contribution in [3.05, 3.63) is 29.1 Å². The lowest BCUT2D eigenvalue weighted by atomic mass is 9.98. The van der Waals surface area contributed by atoms with E-state index in [2.05, 4.69) is 0 Å². The summed E-state index contributed by atoms with van der Waals surface area (Å²) in [5.74, 6) is -1.47. The number of amides is 1. The van der Waals surface area contributed by atoms with E-state index in [1.165, 1.54) is 19.1 Å². The van der Waals surface area contributed by atoms with E-state index in [-0.39, 0.29) is 16.8 Å². The molecule has 0 heterocycles. The quantitative estimate of drug-likeness (QED) is 0.556. The Morgan fingerprint density at radius 3 is 2.59 bits per heavy atom. The van der Waals surface area contributed by atoms with Gasteiger partial charge in [0.2, 0.25) is 5.91 Å². The molecule has 5 nitrogen and oxygen atoms in total. The SMILES string of the molecule is Cc1c(N)ccc(C(O)C(O)CC(N)=O)c1F. The number of aliphatic hydroxyl groups excluding tert-OH is 2. The molecule has 0 saturated carbocycles. The molecule has 0 bridgehead atoms. The zero-order valence-electron chi connectivity index (χ0n) is 9.35. The number of aliphatic hydroxyl groups is 2. The van der Waals surface area contributed by atoms with E-state index in [1.54, 1.807) is 0 Å². The van der Waals surface area contributed by atoms with E-state index in [0.717, 1.165) is 0 Å². The summed E-state index contributed by atoms with van der Waals surface area (Å²) >= 11 is 0. The highest BCUT2D eigenvalue weighted by Crippen LogP contribution is 2.26. The molecule has 0 saturated heterocycles. The first-order valence-corrected chi connectivity index (χ1v) is 5.03. The summed E-state index contributed by atoms with van der Waals surface area (Å²) in [6, 6.07) is 2.69. The number of anilines is 1. The van der Waals surface area contributed by atoms with E-state index >= 15 is 0 Å². The van der Waals surface area contributed by atoms with Gasteiger partial charge in [0.25, 0.3) is 0 Å². The number of hydrogen-bond donors (Lipinski definition) is 4. The lowest BCUT2D eigenvalue weighted by Gasteiger charge is -2.18. The van der Waals surface area contributed by atoms with Crippen LogP contribution >= 0.6 is 0 Å². The second kappa shape index (κ2) is 5.11. The van der Waals surface area contributed by atoms with Crippen molar-refractivity contribution < 1.29 is 19.4 Å². The molecular weight excluding hydrogens is 227 g/mol. The number of nitrogen functional groups attached to an aromatic ring is 1. The Morgan fingerprint density at radius 2 is 2.06 bits per heavy atom. The third kappa shape index (κ3) is 2.92. The van der Waals surface area contributed by atoms with Gasteiger partial charge in [-0.1, -0.05) is 6.07 Å². The lowest BCUT2D eigenvalue weighted by Crippen LogP contribution is -2.26. The average molecular weight is 242 g/mol. The number of carbonyl (C=O) groups excluding carboxylic acids is 1. The molecule has 1 amide bonds. The molecule has 0 aliphatic carbocycles. The van der Waals surface area contributed by atoms with Crippen molar-refractivity contribution >= 4 is 11.6 Å². The van der Waals surface area contributed by atoms with Gasteiger partial charge >= 0.3 is 0 Å². The van der Waals surface area contributed by atoms with Gasteiger partial charge in [-0.2, -0.15) is 0 Å². The van der Waals surface area contributed by atoms with Crippen LogP contribution in [0.2, 0.25) is 0 Å². The second-order valence-corrected chi connectivity index (χ2v) is 3.87. The van der Waals surface area contributed by atoms with Gasteiger partial charge in [0, 0.05) is 16.8 Å². The molecule has 6 heteroatoms. The summed E-state index contributed by atoms with van der Waals surface area (Å²) in [6.45, 7) is 1.46. The fraction of sp³-hybridized carbons (Fsp3) is 0.364. The van der Waals surface area contributed by atoms with Crippen LogP contribution in [0.5, 0.6) is 0 Å². The minimum atomic E-state index is -1.51. The smallest absolute Gasteiger partial charge is 0.220 e. The van der Waals surface area contributed by atoms with Gasteiger partial charge < -0.3 is 21.7 Å². The predicted molar refractivity (Wildman–Crippen MR) is 60.3 cm³/mol. The maximum absolute atomic E-state index is 13.7. The highest BCUT2D eigenvalue weighted by atomic mass is 19.1. The fourth-order valence-corrected chi connectivity index (χ4v) is 1.47. The van der Waals surface area contributed by atoms with E-state index in [9.17, 15) is 19.4 Å². The number of benzene rings is 1. The normalized spacial score (nSPS) is 14.4. The van der Waals surface area contributed by atoms with Crippen molar-refractivity contribution in [1.29, 1.82) is 0 Å². The van der Waals surface area contributed by atoms with Gasteiger partial charge in [0.05, 0.1) is 12.5 Å². The van der Waals surface area contributed by atoms with E-state index in [1.807, 2.05) is 0 Å². The number of hydrogen-bond acceptors (Lipinski definition) is 4. The third-order valence-electron chi connectivity index (χ3n) is 2.55. The molecule has 6 N–H and O–H groups in total. The standard InChI is InChI=1S/C11H15FN2O3/c1-5-7(13)3-2-6(10(5)12)11(17)8(15)4-9(14)16/h2-3,8,11,15,17H,4,13H2,1H3,(H2,14,16). The van der Waals surface area contributed by atoms with Crippen molar-refractivity contribution in [2.45, 2.75) is 25.6 Å². The molecule has 1 aromatic carbocycles. The number of rotatable bonds is 4. The van der Waals surface area contributed by atoms with Crippen LogP contribution < -0.4 is 11.5 Å². The minimum absolute atomic E-state index is 0.106. The Kier molecular flexibility index (Phi) is 4.03. The molecule has 0 fully saturated rings. The number of carbonyl (C=O) groups is 1. The monoisotopic (exact) mass is 242 g/mol. The first kappa shape index (κ1) is 13.4. The van der Waals surface area contributed by atoms with Gasteiger partial charge in [0.15, 0.2) is 0 Å². The lowest BCUT2D eigenvalue weighted by molar-refractivity contribution is -0.121. The number of nitrogens with two attached hydrogens (primary N) is 2. The second-order valence-electron chi connectivity index (χ2n) is 3.87. The Bertz CT molecular complexity index is 437. The van der Waals surface area contributed by atoms with Crippen LogP contribution in [0.15, 0.2) is 12.1 Å². The van der Waals surface area contributed by atoms with Crippen molar-refractivity contribution in [1.82, 2.24) is 0 Å². The Balaban J connectivity index is 3.00. The molecule has 94 valence electrons. The summed E-state index contributed by atoms with van der Waals surface area (Å²) in [5, 5.41) is 19.2. The van der Waals surface area contributed by atoms with Crippen molar-refractivity contribution in [3.8, 4) is 0 Å². The number of primary amides is 1. The molecule has 2 unspecified atom stereocenters. The molecule has 0 aliphatic rings. The van der Waals surface area contributed by atoms with Gasteiger partial charge in [-0.15, -0.1) is 0 Å². The van der Waals surface area contributed by atoms with Crippen molar-refractivity contribution in [2.24, 2.45) is 5.73 Å². The minimum Gasteiger partial charge on any atom is -0.398 e. The summed E-state index contributed by atoms with van der Waals surface area (Å²) in [5.41, 5.74) is 10.7. The molecule has 0 aliphatic heterocycles. The van der Waals surface area contributed by atoms with Crippen molar-refractivity contribution in [2.75, 3.05) is 5.73 Å². The maximum atomic E-state index is 13.7. The Morgan fingerprint density at radius 1 is 1.47 bits per heavy atom. The molecule has 17 heavy (non-hydrogen) atoms. The molecule has 0 radical (unpaired) electrons. The predicted octanol–water partition coefficient (Wildman–Crippen LogP) is -0.0140. The molecular formula is C11H15FN2O3. The molecule has 2 atom stereocenters. The highest BCUT2D eigenvalue weighted by Gasteiger charge is 2.24. The maximum Gasteiger partial charge on any atom is 0.220 e.